The van der Waals surface area contributed by atoms with Crippen LogP contribution in [0.5, 0.6) is 0 Å². The van der Waals surface area contributed by atoms with Crippen molar-refractivity contribution in [2.24, 2.45) is 4.99 Å². The van der Waals surface area contributed by atoms with Crippen LogP contribution in [0.4, 0.5) is 4.79 Å². The average Bonchev–Trinajstić information content (AvgIpc) is 2.08. The molecule has 1 aliphatic heterocycles. The van der Waals surface area contributed by atoms with E-state index in [0.717, 1.165) is 0 Å². The predicted octanol–water partition coefficient (Wildman–Crippen LogP) is 1.74. The van der Waals surface area contributed by atoms with Gasteiger partial charge in [-0.25, -0.2) is 9.79 Å². The Morgan fingerprint density at radius 3 is 2.92 bits per heavy atom. The minimum absolute atomic E-state index is 0.141. The summed E-state index contributed by atoms with van der Waals surface area (Å²) in [6, 6.07) is 0. The van der Waals surface area contributed by atoms with Gasteiger partial charge in [-0.3, -0.25) is 4.90 Å². The van der Waals surface area contributed by atoms with E-state index in [4.69, 9.17) is 23.2 Å². The van der Waals surface area contributed by atoms with Crippen LogP contribution < -0.4 is 0 Å². The van der Waals surface area contributed by atoms with Gasteiger partial charge in [-0.2, -0.15) is 0 Å². The van der Waals surface area contributed by atoms with Crippen molar-refractivity contribution >= 4 is 34.5 Å². The van der Waals surface area contributed by atoms with Crippen molar-refractivity contribution in [2.75, 3.05) is 13.8 Å². The molecule has 12 heavy (non-hydrogen) atoms. The molecule has 0 fully saturated rings. The molecule has 0 spiro atoms. The van der Waals surface area contributed by atoms with Crippen LogP contribution in [0, 0.1) is 0 Å². The fraction of sp³-hybridized carbons (Fsp3) is 0.333. The molecule has 0 bridgehead atoms. The summed E-state index contributed by atoms with van der Waals surface area (Å²) >= 11 is 11.2. The van der Waals surface area contributed by atoms with Crippen LogP contribution in [0.15, 0.2) is 16.2 Å². The number of halogens is 2. The van der Waals surface area contributed by atoms with Crippen LogP contribution in [0.1, 0.15) is 0 Å². The molecule has 0 aromatic carbocycles. The molecule has 0 N–H and O–H groups in total. The number of carbonyl (C=O) groups is 1. The van der Waals surface area contributed by atoms with Crippen LogP contribution in [0.25, 0.3) is 0 Å². The molecule has 0 saturated heterocycles. The van der Waals surface area contributed by atoms with Crippen molar-refractivity contribution in [3.63, 3.8) is 0 Å². The first-order valence-corrected chi connectivity index (χ1v) is 3.83. The number of ether oxygens (including phenoxy) is 1. The zero-order chi connectivity index (χ0) is 9.14. The standard InChI is InChI=1S/C6H6Cl2N2O2/c1-12-6(11)10-2-4(7)5(8)9-3-10/h2H,3H2,1H3. The van der Waals surface area contributed by atoms with Crippen molar-refractivity contribution < 1.29 is 9.53 Å². The van der Waals surface area contributed by atoms with Gasteiger partial charge >= 0.3 is 6.09 Å². The van der Waals surface area contributed by atoms with Crippen LogP contribution in [-0.4, -0.2) is 29.9 Å². The molecule has 0 aliphatic carbocycles. The lowest BCUT2D eigenvalue weighted by atomic mass is 10.5. The van der Waals surface area contributed by atoms with Gasteiger partial charge < -0.3 is 4.74 Å². The highest BCUT2D eigenvalue weighted by atomic mass is 35.5. The van der Waals surface area contributed by atoms with Crippen molar-refractivity contribution in [1.29, 1.82) is 0 Å². The highest BCUT2D eigenvalue weighted by molar-refractivity contribution is 6.76. The Bertz CT molecular complexity index is 262. The van der Waals surface area contributed by atoms with Gasteiger partial charge in [-0.1, -0.05) is 23.2 Å². The van der Waals surface area contributed by atoms with Gasteiger partial charge in [0.2, 0.25) is 0 Å². The monoisotopic (exact) mass is 208 g/mol. The SMILES string of the molecule is COC(=O)N1C=C(Cl)C(Cl)=NC1. The maximum Gasteiger partial charge on any atom is 0.415 e. The number of amides is 1. The second-order valence-corrected chi connectivity index (χ2v) is 2.77. The van der Waals surface area contributed by atoms with Gasteiger partial charge in [0.25, 0.3) is 0 Å². The van der Waals surface area contributed by atoms with E-state index in [9.17, 15) is 4.79 Å². The van der Waals surface area contributed by atoms with E-state index >= 15 is 0 Å². The second kappa shape index (κ2) is 3.78. The number of methoxy groups -OCH3 is 1. The summed E-state index contributed by atoms with van der Waals surface area (Å²) in [7, 11) is 1.28. The lowest BCUT2D eigenvalue weighted by Gasteiger charge is -2.18. The molecule has 0 aromatic rings. The molecule has 66 valence electrons. The molecule has 0 saturated carbocycles. The van der Waals surface area contributed by atoms with Gasteiger partial charge in [-0.15, -0.1) is 0 Å². The van der Waals surface area contributed by atoms with Crippen LogP contribution in [0.2, 0.25) is 0 Å². The maximum absolute atomic E-state index is 10.9. The average molecular weight is 209 g/mol. The summed E-state index contributed by atoms with van der Waals surface area (Å²) in [5, 5.41) is 0.435. The van der Waals surface area contributed by atoms with Gasteiger partial charge in [-0.05, 0) is 0 Å². The van der Waals surface area contributed by atoms with Crippen LogP contribution >= 0.6 is 23.2 Å². The molecule has 1 aliphatic rings. The Labute approximate surface area is 79.4 Å². The Hall–Kier alpha value is -0.740. The second-order valence-electron chi connectivity index (χ2n) is 2.01. The molecule has 0 aromatic heterocycles. The van der Waals surface area contributed by atoms with Crippen molar-refractivity contribution in [1.82, 2.24) is 4.90 Å². The molecule has 1 amide bonds. The van der Waals surface area contributed by atoms with Crippen molar-refractivity contribution in [3.05, 3.63) is 11.2 Å². The van der Waals surface area contributed by atoms with Crippen LogP contribution in [0.3, 0.4) is 0 Å². The Kier molecular flexibility index (Phi) is 2.94. The minimum Gasteiger partial charge on any atom is -0.452 e. The maximum atomic E-state index is 10.9. The molecule has 0 unspecified atom stereocenters. The molecule has 1 rings (SSSR count). The minimum atomic E-state index is -0.513. The number of carbonyl (C=O) groups excluding carboxylic acids is 1. The van der Waals surface area contributed by atoms with E-state index in [2.05, 4.69) is 9.73 Å². The van der Waals surface area contributed by atoms with E-state index in [-0.39, 0.29) is 16.9 Å². The van der Waals surface area contributed by atoms with E-state index < -0.39 is 6.09 Å². The van der Waals surface area contributed by atoms with E-state index in [1.54, 1.807) is 0 Å². The number of rotatable bonds is 0. The third kappa shape index (κ3) is 1.89. The van der Waals surface area contributed by atoms with Crippen molar-refractivity contribution in [3.8, 4) is 0 Å². The summed E-state index contributed by atoms with van der Waals surface area (Å²) in [5.74, 6) is 0. The molecule has 0 radical (unpaired) electrons. The summed E-state index contributed by atoms with van der Waals surface area (Å²) in [4.78, 5) is 15.9. The molecule has 4 nitrogen and oxygen atoms in total. The smallest absolute Gasteiger partial charge is 0.415 e. The molecule has 6 heteroatoms. The number of aliphatic imine (C=N–C) groups is 1. The number of hydrogen-bond donors (Lipinski definition) is 0. The highest BCUT2D eigenvalue weighted by Crippen LogP contribution is 2.15. The van der Waals surface area contributed by atoms with Gasteiger partial charge in [0, 0.05) is 6.20 Å². The van der Waals surface area contributed by atoms with E-state index in [1.165, 1.54) is 18.2 Å². The van der Waals surface area contributed by atoms with Crippen LogP contribution in [-0.2, 0) is 4.74 Å². The topological polar surface area (TPSA) is 41.9 Å². The van der Waals surface area contributed by atoms with Crippen molar-refractivity contribution in [2.45, 2.75) is 0 Å². The van der Waals surface area contributed by atoms with Gasteiger partial charge in [0.05, 0.1) is 12.1 Å². The molecular weight excluding hydrogens is 203 g/mol. The Balaban J connectivity index is 2.71. The lowest BCUT2D eigenvalue weighted by Crippen LogP contribution is -2.28. The molecular formula is C6H6Cl2N2O2. The molecule has 0 atom stereocenters. The third-order valence-electron chi connectivity index (χ3n) is 1.24. The van der Waals surface area contributed by atoms with Gasteiger partial charge in [0.1, 0.15) is 11.8 Å². The first kappa shape index (κ1) is 9.35. The largest absolute Gasteiger partial charge is 0.452 e. The highest BCUT2D eigenvalue weighted by Gasteiger charge is 2.16. The van der Waals surface area contributed by atoms with E-state index in [1.807, 2.05) is 0 Å². The summed E-state index contributed by atoms with van der Waals surface area (Å²) in [6.45, 7) is 0.141. The first-order chi connectivity index (χ1) is 5.65. The predicted molar refractivity (Wildman–Crippen MR) is 46.3 cm³/mol. The fourth-order valence-electron chi connectivity index (χ4n) is 0.672. The summed E-state index contributed by atoms with van der Waals surface area (Å²) in [5.41, 5.74) is 0. The van der Waals surface area contributed by atoms with E-state index in [0.29, 0.717) is 0 Å². The zero-order valence-corrected chi connectivity index (χ0v) is 7.76. The normalized spacial score (nSPS) is 16.8. The lowest BCUT2D eigenvalue weighted by molar-refractivity contribution is 0.140. The third-order valence-corrected chi connectivity index (χ3v) is 1.93. The summed E-state index contributed by atoms with van der Waals surface area (Å²) in [6.07, 6.45) is 0.865. The summed E-state index contributed by atoms with van der Waals surface area (Å²) < 4.78 is 4.44. The quantitative estimate of drug-likeness (QED) is 0.609. The molecule has 1 heterocycles. The number of nitrogens with zero attached hydrogens (tertiary/aromatic N) is 2. The Morgan fingerprint density at radius 1 is 1.75 bits per heavy atom. The fourth-order valence-corrected chi connectivity index (χ4v) is 0.952. The Morgan fingerprint density at radius 2 is 2.42 bits per heavy atom. The zero-order valence-electron chi connectivity index (χ0n) is 6.25. The first-order valence-electron chi connectivity index (χ1n) is 3.07. The number of hydrogen-bond acceptors (Lipinski definition) is 3. The van der Waals surface area contributed by atoms with Gasteiger partial charge in [0.15, 0.2) is 0 Å². The number of allylic oxidation sites excluding steroid dienone is 1.